The largest absolute Gasteiger partial charge is 0.489 e. The van der Waals surface area contributed by atoms with Crippen LogP contribution in [-0.2, 0) is 9.59 Å². The molecule has 0 saturated carbocycles. The number of halogens is 1. The normalized spacial score (nSPS) is 13.0. The third-order valence-corrected chi connectivity index (χ3v) is 3.61. The number of fused-ring (bicyclic) bond motifs is 1. The third kappa shape index (κ3) is 4.00. The number of ether oxygens (including phenoxy) is 2. The average molecular weight is 369 g/mol. The Labute approximate surface area is 137 Å². The van der Waals surface area contributed by atoms with E-state index in [-0.39, 0.29) is 18.4 Å². The summed E-state index contributed by atoms with van der Waals surface area (Å²) in [6.45, 7) is 4.48. The first-order valence-electron chi connectivity index (χ1n) is 6.78. The Kier molecular flexibility index (Phi) is 5.43. The first kappa shape index (κ1) is 16.4. The molecule has 2 rings (SSSR count). The number of nitrogens with zero attached hydrogens (tertiary/aromatic N) is 1. The van der Waals surface area contributed by atoms with Crippen LogP contribution >= 0.6 is 15.9 Å². The van der Waals surface area contributed by atoms with Crippen LogP contribution in [0.3, 0.4) is 0 Å². The maximum atomic E-state index is 12.0. The molecule has 1 N–H and O–H groups in total. The van der Waals surface area contributed by atoms with Gasteiger partial charge in [-0.2, -0.15) is 0 Å². The fraction of sp³-hybridized carbons (Fsp3) is 0.333. The molecule has 0 spiro atoms. The summed E-state index contributed by atoms with van der Waals surface area (Å²) in [5.41, 5.74) is 0.570. The second kappa shape index (κ2) is 7.31. The number of carbonyl (C=O) groups excluding carboxylic acids is 2. The average Bonchev–Trinajstić information content (AvgIpc) is 2.71. The van der Waals surface area contributed by atoms with Gasteiger partial charge in [-0.25, -0.2) is 0 Å². The van der Waals surface area contributed by atoms with Crippen molar-refractivity contribution in [3.8, 4) is 11.5 Å². The van der Waals surface area contributed by atoms with Gasteiger partial charge in [0.25, 0.3) is 0 Å². The molecular formula is C15H17BrN2O4. The Bertz CT molecular complexity index is 603. The van der Waals surface area contributed by atoms with Gasteiger partial charge in [-0.15, -0.1) is 0 Å². The molecule has 0 saturated heterocycles. The molecule has 0 radical (unpaired) electrons. The SMILES string of the molecule is C=CC(=O)N(C)CC(=O)Nc1cc(Br)c2c(c1)OCCCO2. The Morgan fingerprint density at radius 2 is 2.14 bits per heavy atom. The van der Waals surface area contributed by atoms with Crippen molar-refractivity contribution >= 4 is 33.4 Å². The number of likely N-dealkylation sites (N-methyl/N-ethyl adjacent to an activating group) is 1. The van der Waals surface area contributed by atoms with Gasteiger partial charge in [0.1, 0.15) is 0 Å². The minimum absolute atomic E-state index is 0.0586. The van der Waals surface area contributed by atoms with Crippen LogP contribution in [0.4, 0.5) is 5.69 Å². The standard InChI is InChI=1S/C15H17BrN2O4/c1-3-14(20)18(2)9-13(19)17-10-7-11(16)15-12(8-10)21-5-4-6-22-15/h3,7-8H,1,4-6,9H2,2H3,(H,17,19). The first-order chi connectivity index (χ1) is 10.5. The molecule has 6 nitrogen and oxygen atoms in total. The van der Waals surface area contributed by atoms with Crippen LogP contribution in [0.15, 0.2) is 29.3 Å². The zero-order valence-electron chi connectivity index (χ0n) is 12.2. The molecular weight excluding hydrogens is 352 g/mol. The van der Waals surface area contributed by atoms with Crippen molar-refractivity contribution < 1.29 is 19.1 Å². The summed E-state index contributed by atoms with van der Waals surface area (Å²) in [5.74, 6) is 0.598. The minimum Gasteiger partial charge on any atom is -0.489 e. The van der Waals surface area contributed by atoms with Gasteiger partial charge in [0.05, 0.1) is 24.2 Å². The fourth-order valence-corrected chi connectivity index (χ4v) is 2.51. The topological polar surface area (TPSA) is 67.9 Å². The lowest BCUT2D eigenvalue weighted by Crippen LogP contribution is -2.33. The molecule has 1 heterocycles. The highest BCUT2D eigenvalue weighted by molar-refractivity contribution is 9.10. The molecule has 1 aliphatic rings. The van der Waals surface area contributed by atoms with Crippen LogP contribution in [0.1, 0.15) is 6.42 Å². The van der Waals surface area contributed by atoms with Crippen LogP contribution in [0.5, 0.6) is 11.5 Å². The summed E-state index contributed by atoms with van der Waals surface area (Å²) in [7, 11) is 1.54. The van der Waals surface area contributed by atoms with Crippen LogP contribution in [-0.4, -0.2) is 43.5 Å². The van der Waals surface area contributed by atoms with Gasteiger partial charge in [-0.3, -0.25) is 9.59 Å². The predicted octanol–water partition coefficient (Wildman–Crippen LogP) is 2.19. The number of hydrogen-bond acceptors (Lipinski definition) is 4. The van der Waals surface area contributed by atoms with Gasteiger partial charge in [-0.05, 0) is 28.1 Å². The zero-order chi connectivity index (χ0) is 16.1. The summed E-state index contributed by atoms with van der Waals surface area (Å²) in [5, 5.41) is 2.73. The number of carbonyl (C=O) groups is 2. The Balaban J connectivity index is 2.08. The summed E-state index contributed by atoms with van der Waals surface area (Å²) in [6.07, 6.45) is 1.97. The highest BCUT2D eigenvalue weighted by Crippen LogP contribution is 2.39. The maximum absolute atomic E-state index is 12.0. The molecule has 0 bridgehead atoms. The number of hydrogen-bond donors (Lipinski definition) is 1. The highest BCUT2D eigenvalue weighted by Gasteiger charge is 2.17. The van der Waals surface area contributed by atoms with Gasteiger partial charge in [0.15, 0.2) is 11.5 Å². The van der Waals surface area contributed by atoms with E-state index in [1.165, 1.54) is 11.9 Å². The van der Waals surface area contributed by atoms with Crippen molar-refractivity contribution in [3.05, 3.63) is 29.3 Å². The van der Waals surface area contributed by atoms with Crippen molar-refractivity contribution in [2.24, 2.45) is 0 Å². The van der Waals surface area contributed by atoms with Crippen molar-refractivity contribution in [3.63, 3.8) is 0 Å². The lowest BCUT2D eigenvalue weighted by atomic mass is 10.2. The van der Waals surface area contributed by atoms with E-state index >= 15 is 0 Å². The van der Waals surface area contributed by atoms with Crippen molar-refractivity contribution in [1.29, 1.82) is 0 Å². The molecule has 1 aliphatic heterocycles. The monoisotopic (exact) mass is 368 g/mol. The van der Waals surface area contributed by atoms with E-state index in [4.69, 9.17) is 9.47 Å². The number of nitrogens with one attached hydrogen (secondary N) is 1. The van der Waals surface area contributed by atoms with E-state index < -0.39 is 0 Å². The van der Waals surface area contributed by atoms with Gasteiger partial charge in [-0.1, -0.05) is 6.58 Å². The summed E-state index contributed by atoms with van der Waals surface area (Å²) in [6, 6.07) is 3.44. The van der Waals surface area contributed by atoms with E-state index in [9.17, 15) is 9.59 Å². The number of anilines is 1. The summed E-state index contributed by atoms with van der Waals surface area (Å²) < 4.78 is 11.9. The highest BCUT2D eigenvalue weighted by atomic mass is 79.9. The van der Waals surface area contributed by atoms with Crippen LogP contribution in [0.25, 0.3) is 0 Å². The second-order valence-corrected chi connectivity index (χ2v) is 5.64. The zero-order valence-corrected chi connectivity index (χ0v) is 13.8. The van der Waals surface area contributed by atoms with E-state index in [1.54, 1.807) is 12.1 Å². The van der Waals surface area contributed by atoms with Crippen molar-refractivity contribution in [2.45, 2.75) is 6.42 Å². The number of amides is 2. The summed E-state index contributed by atoms with van der Waals surface area (Å²) in [4.78, 5) is 24.6. The molecule has 0 aliphatic carbocycles. The molecule has 0 atom stereocenters. The third-order valence-electron chi connectivity index (χ3n) is 3.02. The van der Waals surface area contributed by atoms with E-state index in [0.717, 1.165) is 12.5 Å². The van der Waals surface area contributed by atoms with Crippen molar-refractivity contribution in [2.75, 3.05) is 32.1 Å². The van der Waals surface area contributed by atoms with E-state index in [1.807, 2.05) is 0 Å². The van der Waals surface area contributed by atoms with Crippen LogP contribution in [0.2, 0.25) is 0 Å². The van der Waals surface area contributed by atoms with Gasteiger partial charge >= 0.3 is 0 Å². The molecule has 0 fully saturated rings. The molecule has 2 amide bonds. The first-order valence-corrected chi connectivity index (χ1v) is 7.57. The quantitative estimate of drug-likeness (QED) is 0.827. The van der Waals surface area contributed by atoms with Gasteiger partial charge in [0, 0.05) is 25.2 Å². The van der Waals surface area contributed by atoms with Crippen molar-refractivity contribution in [1.82, 2.24) is 4.90 Å². The van der Waals surface area contributed by atoms with Crippen LogP contribution in [0, 0.1) is 0 Å². The lowest BCUT2D eigenvalue weighted by Gasteiger charge is -2.16. The predicted molar refractivity (Wildman–Crippen MR) is 86.2 cm³/mol. The number of benzene rings is 1. The second-order valence-electron chi connectivity index (χ2n) is 4.78. The molecule has 7 heteroatoms. The van der Waals surface area contributed by atoms with Gasteiger partial charge in [0.2, 0.25) is 11.8 Å². The molecule has 118 valence electrons. The van der Waals surface area contributed by atoms with E-state index in [0.29, 0.717) is 34.9 Å². The van der Waals surface area contributed by atoms with Crippen LogP contribution < -0.4 is 14.8 Å². The molecule has 22 heavy (non-hydrogen) atoms. The Morgan fingerprint density at radius 1 is 1.41 bits per heavy atom. The smallest absolute Gasteiger partial charge is 0.246 e. The molecule has 0 unspecified atom stereocenters. The Hall–Kier alpha value is -2.02. The molecule has 1 aromatic rings. The summed E-state index contributed by atoms with van der Waals surface area (Å²) >= 11 is 3.41. The molecule has 1 aromatic carbocycles. The maximum Gasteiger partial charge on any atom is 0.246 e. The van der Waals surface area contributed by atoms with Gasteiger partial charge < -0.3 is 19.7 Å². The Morgan fingerprint density at radius 3 is 2.86 bits per heavy atom. The number of rotatable bonds is 4. The fourth-order valence-electron chi connectivity index (χ4n) is 1.95. The lowest BCUT2D eigenvalue weighted by molar-refractivity contribution is -0.129. The molecule has 0 aromatic heterocycles. The van der Waals surface area contributed by atoms with E-state index in [2.05, 4.69) is 27.8 Å². The minimum atomic E-state index is -0.310.